The van der Waals surface area contributed by atoms with Crippen LogP contribution in [0.1, 0.15) is 72.9 Å². The fourth-order valence-corrected chi connectivity index (χ4v) is 3.83. The van der Waals surface area contributed by atoms with E-state index < -0.39 is 5.60 Å². The van der Waals surface area contributed by atoms with E-state index in [4.69, 9.17) is 9.47 Å². The molecule has 1 aromatic heterocycles. The molecule has 1 aromatic carbocycles. The summed E-state index contributed by atoms with van der Waals surface area (Å²) in [5.74, 6) is 0.757. The maximum absolute atomic E-state index is 13.0. The predicted octanol–water partition coefficient (Wildman–Crippen LogP) is 6.45. The van der Waals surface area contributed by atoms with Gasteiger partial charge in [-0.3, -0.25) is 0 Å². The first-order valence-electron chi connectivity index (χ1n) is 12.2. The van der Waals surface area contributed by atoms with Crippen LogP contribution in [0, 0.1) is 6.92 Å². The zero-order valence-electron chi connectivity index (χ0n) is 21.2. The van der Waals surface area contributed by atoms with Gasteiger partial charge in [-0.05, 0) is 65.4 Å². The van der Waals surface area contributed by atoms with Crippen molar-refractivity contribution in [1.29, 1.82) is 0 Å². The number of likely N-dealkylation sites (N-methyl/N-ethyl adjacent to an activating group) is 1. The molecule has 0 spiro atoms. The Morgan fingerprint density at radius 3 is 2.44 bits per heavy atom. The van der Waals surface area contributed by atoms with Gasteiger partial charge in [0.25, 0.3) is 0 Å². The van der Waals surface area contributed by atoms with Gasteiger partial charge in [-0.1, -0.05) is 40.0 Å². The maximum atomic E-state index is 13.0. The molecule has 1 N–H and O–H groups in total. The highest BCUT2D eigenvalue weighted by atomic mass is 16.6. The van der Waals surface area contributed by atoms with Gasteiger partial charge in [-0.2, -0.15) is 0 Å². The lowest BCUT2D eigenvalue weighted by Gasteiger charge is -2.20. The second-order valence-corrected chi connectivity index (χ2v) is 9.32. The highest BCUT2D eigenvalue weighted by Crippen LogP contribution is 2.35. The Labute approximate surface area is 194 Å². The van der Waals surface area contributed by atoms with Crippen LogP contribution >= 0.6 is 0 Å². The first kappa shape index (κ1) is 26.0. The van der Waals surface area contributed by atoms with Crippen LogP contribution in [0.2, 0.25) is 0 Å². The van der Waals surface area contributed by atoms with Crippen molar-refractivity contribution in [2.45, 2.75) is 79.8 Å². The second kappa shape index (κ2) is 12.1. The standard InChI is InChI=1S/C26H43N3O3/c1-8-11-12-13-16-27-21-14-15-23-22(19-21)24(31-18-17-28(9-2)10-3)20(4)29(23)25(30)32-26(5,6)7/h14-15,19,27H,8-13,16-18H2,1-7H3. The van der Waals surface area contributed by atoms with Crippen LogP contribution in [0.15, 0.2) is 18.2 Å². The number of rotatable bonds is 12. The molecule has 0 fully saturated rings. The Hall–Kier alpha value is -2.21. The van der Waals surface area contributed by atoms with E-state index in [1.807, 2.05) is 39.8 Å². The lowest BCUT2D eigenvalue weighted by molar-refractivity contribution is 0.0540. The molecule has 0 aliphatic heterocycles. The van der Waals surface area contributed by atoms with Crippen LogP contribution < -0.4 is 10.1 Å². The van der Waals surface area contributed by atoms with Crippen LogP contribution in [0.5, 0.6) is 5.75 Å². The molecule has 0 radical (unpaired) electrons. The quantitative estimate of drug-likeness (QED) is 0.381. The molecule has 0 atom stereocenters. The summed E-state index contributed by atoms with van der Waals surface area (Å²) in [7, 11) is 0. The number of aromatic nitrogens is 1. The average molecular weight is 446 g/mol. The molecule has 0 saturated heterocycles. The minimum absolute atomic E-state index is 0.376. The van der Waals surface area contributed by atoms with E-state index in [0.717, 1.165) is 60.6 Å². The minimum atomic E-state index is -0.566. The molecule has 0 saturated carbocycles. The lowest BCUT2D eigenvalue weighted by Crippen LogP contribution is -2.28. The number of hydrogen-bond donors (Lipinski definition) is 1. The number of ether oxygens (including phenoxy) is 2. The number of benzene rings is 1. The number of fused-ring (bicyclic) bond motifs is 1. The van der Waals surface area contributed by atoms with Crippen molar-refractivity contribution in [2.24, 2.45) is 0 Å². The minimum Gasteiger partial charge on any atom is -0.490 e. The van der Waals surface area contributed by atoms with Crippen molar-refractivity contribution >= 4 is 22.7 Å². The number of nitrogens with zero attached hydrogens (tertiary/aromatic N) is 2. The SMILES string of the molecule is CCCCCCNc1ccc2c(c1)c(OCCN(CC)CC)c(C)n2C(=O)OC(C)(C)C. The zero-order chi connectivity index (χ0) is 23.7. The van der Waals surface area contributed by atoms with Crippen molar-refractivity contribution in [3.8, 4) is 5.75 Å². The molecule has 0 unspecified atom stereocenters. The van der Waals surface area contributed by atoms with E-state index in [0.29, 0.717) is 6.61 Å². The molecule has 0 aliphatic carbocycles. The number of unbranched alkanes of at least 4 members (excludes halogenated alkanes) is 3. The van der Waals surface area contributed by atoms with Crippen molar-refractivity contribution in [3.63, 3.8) is 0 Å². The number of carbonyl (C=O) groups is 1. The smallest absolute Gasteiger partial charge is 0.419 e. The van der Waals surface area contributed by atoms with Crippen LogP contribution in [0.3, 0.4) is 0 Å². The highest BCUT2D eigenvalue weighted by molar-refractivity contribution is 5.97. The summed E-state index contributed by atoms with van der Waals surface area (Å²) in [6.45, 7) is 18.4. The molecule has 0 bridgehead atoms. The van der Waals surface area contributed by atoms with Crippen molar-refractivity contribution < 1.29 is 14.3 Å². The molecule has 6 heteroatoms. The van der Waals surface area contributed by atoms with Crippen LogP contribution in [0.4, 0.5) is 10.5 Å². The first-order valence-corrected chi connectivity index (χ1v) is 12.2. The summed E-state index contributed by atoms with van der Waals surface area (Å²) >= 11 is 0. The number of nitrogens with one attached hydrogen (secondary N) is 1. The fraction of sp³-hybridized carbons (Fsp3) is 0.654. The Kier molecular flexibility index (Phi) is 9.88. The summed E-state index contributed by atoms with van der Waals surface area (Å²) < 4.78 is 13.6. The van der Waals surface area contributed by atoms with E-state index in [2.05, 4.69) is 37.1 Å². The van der Waals surface area contributed by atoms with E-state index >= 15 is 0 Å². The van der Waals surface area contributed by atoms with Gasteiger partial charge in [0.15, 0.2) is 0 Å². The van der Waals surface area contributed by atoms with Gasteiger partial charge in [0.1, 0.15) is 18.0 Å². The molecule has 0 amide bonds. The Morgan fingerprint density at radius 1 is 1.09 bits per heavy atom. The summed E-state index contributed by atoms with van der Waals surface area (Å²) in [6.07, 6.45) is 4.51. The van der Waals surface area contributed by atoms with Gasteiger partial charge in [0.2, 0.25) is 0 Å². The van der Waals surface area contributed by atoms with Crippen LogP contribution in [0.25, 0.3) is 10.9 Å². The van der Waals surface area contributed by atoms with E-state index in [1.165, 1.54) is 19.3 Å². The fourth-order valence-electron chi connectivity index (χ4n) is 3.83. The third kappa shape index (κ3) is 7.16. The number of anilines is 1. The first-order chi connectivity index (χ1) is 15.2. The third-order valence-corrected chi connectivity index (χ3v) is 5.63. The summed E-state index contributed by atoms with van der Waals surface area (Å²) in [5, 5.41) is 4.46. The topological polar surface area (TPSA) is 55.7 Å². The molecule has 0 aliphatic rings. The lowest BCUT2D eigenvalue weighted by atomic mass is 10.2. The normalized spacial score (nSPS) is 11.9. The van der Waals surface area contributed by atoms with Gasteiger partial charge in [0.05, 0.1) is 11.2 Å². The highest BCUT2D eigenvalue weighted by Gasteiger charge is 2.25. The van der Waals surface area contributed by atoms with Crippen LogP contribution in [-0.4, -0.2) is 53.9 Å². The largest absolute Gasteiger partial charge is 0.490 e. The Bertz CT molecular complexity index is 863. The summed E-state index contributed by atoms with van der Waals surface area (Å²) in [4.78, 5) is 15.3. The average Bonchev–Trinajstić information content (AvgIpc) is 3.01. The summed E-state index contributed by atoms with van der Waals surface area (Å²) in [5.41, 5.74) is 2.06. The molecule has 180 valence electrons. The number of carbonyl (C=O) groups excluding carboxylic acids is 1. The molecular weight excluding hydrogens is 402 g/mol. The predicted molar refractivity (Wildman–Crippen MR) is 134 cm³/mol. The van der Waals surface area contributed by atoms with Crippen LogP contribution in [-0.2, 0) is 4.74 Å². The molecule has 32 heavy (non-hydrogen) atoms. The van der Waals surface area contributed by atoms with Crippen molar-refractivity contribution in [1.82, 2.24) is 9.47 Å². The summed E-state index contributed by atoms with van der Waals surface area (Å²) in [6, 6.07) is 6.11. The molecule has 2 aromatic rings. The van der Waals surface area contributed by atoms with Crippen molar-refractivity contribution in [2.75, 3.05) is 38.1 Å². The number of hydrogen-bond acceptors (Lipinski definition) is 5. The Morgan fingerprint density at radius 2 is 1.81 bits per heavy atom. The van der Waals surface area contributed by atoms with E-state index in [9.17, 15) is 4.79 Å². The van der Waals surface area contributed by atoms with E-state index in [1.54, 1.807) is 4.57 Å². The molecule has 1 heterocycles. The van der Waals surface area contributed by atoms with Crippen molar-refractivity contribution in [3.05, 3.63) is 23.9 Å². The van der Waals surface area contributed by atoms with Gasteiger partial charge >= 0.3 is 6.09 Å². The van der Waals surface area contributed by atoms with Gasteiger partial charge in [-0.25, -0.2) is 9.36 Å². The van der Waals surface area contributed by atoms with Gasteiger partial charge in [-0.15, -0.1) is 0 Å². The van der Waals surface area contributed by atoms with Gasteiger partial charge in [0, 0.05) is 24.2 Å². The van der Waals surface area contributed by atoms with Gasteiger partial charge < -0.3 is 19.7 Å². The second-order valence-electron chi connectivity index (χ2n) is 9.32. The maximum Gasteiger partial charge on any atom is 0.419 e. The monoisotopic (exact) mass is 445 g/mol. The van der Waals surface area contributed by atoms with E-state index in [-0.39, 0.29) is 6.09 Å². The molecule has 2 rings (SSSR count). The molecular formula is C26H43N3O3. The Balaban J connectivity index is 2.32. The molecule has 6 nitrogen and oxygen atoms in total. The zero-order valence-corrected chi connectivity index (χ0v) is 21.2. The third-order valence-electron chi connectivity index (χ3n) is 5.63.